The maximum Gasteiger partial charge on any atom is 0.240 e. The van der Waals surface area contributed by atoms with Crippen LogP contribution in [0.2, 0.25) is 0 Å². The summed E-state index contributed by atoms with van der Waals surface area (Å²) < 4.78 is 0. The van der Waals surface area contributed by atoms with Crippen LogP contribution in [-0.4, -0.2) is 18.0 Å². The van der Waals surface area contributed by atoms with E-state index in [0.717, 1.165) is 38.6 Å². The Morgan fingerprint density at radius 1 is 1.00 bits per heavy atom. The van der Waals surface area contributed by atoms with Crippen LogP contribution in [-0.2, 0) is 4.79 Å². The summed E-state index contributed by atoms with van der Waals surface area (Å²) in [4.78, 5) is 11.9. The summed E-state index contributed by atoms with van der Waals surface area (Å²) in [5.41, 5.74) is 5.54. The Kier molecular flexibility index (Phi) is 8.11. The molecule has 0 radical (unpaired) electrons. The predicted molar refractivity (Wildman–Crippen MR) is 81.0 cm³/mol. The lowest BCUT2D eigenvalue weighted by Crippen LogP contribution is -2.52. The number of unbranched alkanes of at least 4 members (excludes halogenated alkanes) is 7. The molecule has 112 valence electrons. The van der Waals surface area contributed by atoms with Gasteiger partial charge in [0.2, 0.25) is 5.91 Å². The lowest BCUT2D eigenvalue weighted by Gasteiger charge is -2.22. The van der Waals surface area contributed by atoms with Gasteiger partial charge in [0.25, 0.3) is 0 Å². The van der Waals surface area contributed by atoms with Gasteiger partial charge in [-0.3, -0.25) is 4.79 Å². The number of rotatable bonds is 10. The van der Waals surface area contributed by atoms with Crippen molar-refractivity contribution in [1.82, 2.24) is 5.32 Å². The lowest BCUT2D eigenvalue weighted by atomic mass is 9.98. The summed E-state index contributed by atoms with van der Waals surface area (Å²) >= 11 is 0. The minimum atomic E-state index is -0.555. The van der Waals surface area contributed by atoms with Crippen LogP contribution in [0.5, 0.6) is 0 Å². The van der Waals surface area contributed by atoms with Gasteiger partial charge in [0.05, 0.1) is 5.54 Å². The maximum atomic E-state index is 11.9. The van der Waals surface area contributed by atoms with E-state index in [1.54, 1.807) is 0 Å². The Morgan fingerprint density at radius 2 is 1.53 bits per heavy atom. The highest BCUT2D eigenvalue weighted by atomic mass is 16.2. The van der Waals surface area contributed by atoms with Crippen molar-refractivity contribution in [3.63, 3.8) is 0 Å². The lowest BCUT2D eigenvalue weighted by molar-refractivity contribution is -0.126. The molecule has 19 heavy (non-hydrogen) atoms. The molecule has 0 saturated heterocycles. The van der Waals surface area contributed by atoms with Crippen LogP contribution < -0.4 is 11.1 Å². The molecule has 0 bridgehead atoms. The van der Waals surface area contributed by atoms with Crippen LogP contribution in [0.1, 0.15) is 84.0 Å². The van der Waals surface area contributed by atoms with Gasteiger partial charge in [-0.1, -0.05) is 64.7 Å². The van der Waals surface area contributed by atoms with Gasteiger partial charge in [0, 0.05) is 6.54 Å². The smallest absolute Gasteiger partial charge is 0.240 e. The third-order valence-electron chi connectivity index (χ3n) is 4.26. The van der Waals surface area contributed by atoms with Crippen molar-refractivity contribution in [2.45, 2.75) is 89.5 Å². The van der Waals surface area contributed by atoms with Crippen molar-refractivity contribution >= 4 is 5.91 Å². The van der Waals surface area contributed by atoms with E-state index in [1.807, 2.05) is 0 Å². The summed E-state index contributed by atoms with van der Waals surface area (Å²) in [6, 6.07) is 0. The first kappa shape index (κ1) is 16.5. The standard InChI is InChI=1S/C16H32N2O/c1-2-3-4-5-6-7-8-11-14-18-15(19)16(17)12-9-10-13-16/h2-14,17H2,1H3,(H,18,19). The molecule has 0 aromatic carbocycles. The van der Waals surface area contributed by atoms with Crippen LogP contribution in [0.3, 0.4) is 0 Å². The van der Waals surface area contributed by atoms with Crippen LogP contribution in [0.25, 0.3) is 0 Å². The summed E-state index contributed by atoms with van der Waals surface area (Å²) in [5, 5.41) is 3.01. The minimum absolute atomic E-state index is 0.0768. The Labute approximate surface area is 118 Å². The van der Waals surface area contributed by atoms with Crippen LogP contribution in [0.4, 0.5) is 0 Å². The molecular formula is C16H32N2O. The van der Waals surface area contributed by atoms with Gasteiger partial charge in [0.15, 0.2) is 0 Å². The minimum Gasteiger partial charge on any atom is -0.355 e. The maximum absolute atomic E-state index is 11.9. The number of nitrogens with one attached hydrogen (secondary N) is 1. The zero-order valence-electron chi connectivity index (χ0n) is 12.7. The van der Waals surface area contributed by atoms with Crippen LogP contribution in [0.15, 0.2) is 0 Å². The van der Waals surface area contributed by atoms with E-state index in [9.17, 15) is 4.79 Å². The second-order valence-corrected chi connectivity index (χ2v) is 6.09. The highest BCUT2D eigenvalue weighted by molar-refractivity contribution is 5.86. The average molecular weight is 268 g/mol. The fraction of sp³-hybridized carbons (Fsp3) is 0.938. The topological polar surface area (TPSA) is 55.1 Å². The molecule has 0 atom stereocenters. The zero-order chi connectivity index (χ0) is 14.0. The molecule has 3 heteroatoms. The molecule has 0 aromatic heterocycles. The van der Waals surface area contributed by atoms with Gasteiger partial charge in [-0.05, 0) is 19.3 Å². The van der Waals surface area contributed by atoms with Crippen molar-refractivity contribution in [3.05, 3.63) is 0 Å². The van der Waals surface area contributed by atoms with Gasteiger partial charge in [-0.25, -0.2) is 0 Å². The molecule has 0 spiro atoms. The second kappa shape index (κ2) is 9.35. The van der Waals surface area contributed by atoms with E-state index in [0.29, 0.717) is 0 Å². The number of nitrogens with two attached hydrogens (primary N) is 1. The van der Waals surface area contributed by atoms with Gasteiger partial charge >= 0.3 is 0 Å². The molecule has 0 unspecified atom stereocenters. The molecule has 3 N–H and O–H groups in total. The van der Waals surface area contributed by atoms with Gasteiger partial charge in [-0.2, -0.15) is 0 Å². The van der Waals surface area contributed by atoms with Crippen molar-refractivity contribution in [2.75, 3.05) is 6.54 Å². The second-order valence-electron chi connectivity index (χ2n) is 6.09. The molecule has 1 aliphatic carbocycles. The van der Waals surface area contributed by atoms with Crippen molar-refractivity contribution in [1.29, 1.82) is 0 Å². The number of hydrogen-bond acceptors (Lipinski definition) is 2. The van der Waals surface area contributed by atoms with E-state index in [4.69, 9.17) is 5.73 Å². The normalized spacial score (nSPS) is 17.6. The summed E-state index contributed by atoms with van der Waals surface area (Å²) in [5.74, 6) is 0.0768. The number of carbonyl (C=O) groups is 1. The largest absolute Gasteiger partial charge is 0.355 e. The van der Waals surface area contributed by atoms with Crippen LogP contribution in [0, 0.1) is 0 Å². The number of amides is 1. The first-order valence-corrected chi connectivity index (χ1v) is 8.26. The van der Waals surface area contributed by atoms with Crippen molar-refractivity contribution in [2.24, 2.45) is 5.73 Å². The molecule has 1 aliphatic rings. The number of hydrogen-bond donors (Lipinski definition) is 2. The Hall–Kier alpha value is -0.570. The summed E-state index contributed by atoms with van der Waals surface area (Å²) in [7, 11) is 0. The Bertz CT molecular complexity index is 247. The average Bonchev–Trinajstić information content (AvgIpc) is 2.85. The highest BCUT2D eigenvalue weighted by Crippen LogP contribution is 2.27. The first-order chi connectivity index (χ1) is 9.19. The monoisotopic (exact) mass is 268 g/mol. The fourth-order valence-electron chi connectivity index (χ4n) is 2.87. The third-order valence-corrected chi connectivity index (χ3v) is 4.26. The van der Waals surface area contributed by atoms with Gasteiger partial charge in [-0.15, -0.1) is 0 Å². The predicted octanol–water partition coefficient (Wildman–Crippen LogP) is 3.51. The van der Waals surface area contributed by atoms with E-state index in [-0.39, 0.29) is 5.91 Å². The summed E-state index contributed by atoms with van der Waals surface area (Å²) in [6.07, 6.45) is 14.3. The van der Waals surface area contributed by atoms with Crippen molar-refractivity contribution < 1.29 is 4.79 Å². The first-order valence-electron chi connectivity index (χ1n) is 8.26. The quantitative estimate of drug-likeness (QED) is 0.596. The van der Waals surface area contributed by atoms with E-state index < -0.39 is 5.54 Å². The molecule has 0 aliphatic heterocycles. The molecule has 0 heterocycles. The molecule has 3 nitrogen and oxygen atoms in total. The fourth-order valence-corrected chi connectivity index (χ4v) is 2.87. The highest BCUT2D eigenvalue weighted by Gasteiger charge is 2.36. The summed E-state index contributed by atoms with van der Waals surface area (Å²) in [6.45, 7) is 3.05. The number of carbonyl (C=O) groups excluding carboxylic acids is 1. The molecule has 1 rings (SSSR count). The van der Waals surface area contributed by atoms with E-state index >= 15 is 0 Å². The van der Waals surface area contributed by atoms with Gasteiger partial charge < -0.3 is 11.1 Å². The van der Waals surface area contributed by atoms with Crippen LogP contribution >= 0.6 is 0 Å². The zero-order valence-corrected chi connectivity index (χ0v) is 12.7. The van der Waals surface area contributed by atoms with E-state index in [1.165, 1.54) is 44.9 Å². The van der Waals surface area contributed by atoms with Crippen molar-refractivity contribution in [3.8, 4) is 0 Å². The Balaban J connectivity index is 1.92. The van der Waals surface area contributed by atoms with E-state index in [2.05, 4.69) is 12.2 Å². The third kappa shape index (κ3) is 6.42. The molecule has 1 fully saturated rings. The molecular weight excluding hydrogens is 236 g/mol. The SMILES string of the molecule is CCCCCCCCCCNC(=O)C1(N)CCCC1. The molecule has 1 saturated carbocycles. The molecule has 0 aromatic rings. The van der Waals surface area contributed by atoms with Gasteiger partial charge in [0.1, 0.15) is 0 Å². The Morgan fingerprint density at radius 3 is 2.11 bits per heavy atom. The molecule has 1 amide bonds.